The van der Waals surface area contributed by atoms with Crippen LogP contribution in [0.25, 0.3) is 0 Å². The molecule has 3 heterocycles. The maximum atomic E-state index is 12.8. The van der Waals surface area contributed by atoms with Gasteiger partial charge in [0.1, 0.15) is 29.4 Å². The van der Waals surface area contributed by atoms with Gasteiger partial charge in [-0.2, -0.15) is 0 Å². The maximum absolute atomic E-state index is 12.8. The van der Waals surface area contributed by atoms with Crippen LogP contribution in [-0.2, 0) is 33.5 Å². The first-order valence-corrected chi connectivity index (χ1v) is 11.5. The molecule has 3 rings (SSSR count). The topological polar surface area (TPSA) is 191 Å². The predicted octanol–water partition coefficient (Wildman–Crippen LogP) is -0.150. The van der Waals surface area contributed by atoms with E-state index in [9.17, 15) is 29.1 Å². The monoisotopic (exact) mass is 509 g/mol. The summed E-state index contributed by atoms with van der Waals surface area (Å²) in [4.78, 5) is 69.1. The average Bonchev–Trinajstić information content (AvgIpc) is 3.19. The number of nitrogens with zero attached hydrogens (tertiary/aromatic N) is 3. The first kappa shape index (κ1) is 24.9. The number of thioether (sulfide) groups is 1. The van der Waals surface area contributed by atoms with Gasteiger partial charge < -0.3 is 25.7 Å². The third-order valence-corrected chi connectivity index (χ3v) is 6.41. The molecule has 2 aliphatic heterocycles. The molecule has 0 bridgehead atoms. The van der Waals surface area contributed by atoms with E-state index in [4.69, 9.17) is 10.5 Å². The van der Waals surface area contributed by atoms with Gasteiger partial charge in [0.2, 0.25) is 0 Å². The first-order chi connectivity index (χ1) is 16.1. The lowest BCUT2D eigenvalue weighted by atomic mass is 10.0. The predicted molar refractivity (Wildman–Crippen MR) is 120 cm³/mol. The van der Waals surface area contributed by atoms with Gasteiger partial charge in [0.15, 0.2) is 10.8 Å². The highest BCUT2D eigenvalue weighted by molar-refractivity contribution is 8.00. The number of hydrogen-bond donors (Lipinski definition) is 3. The number of ether oxygens (including phenoxy) is 1. The van der Waals surface area contributed by atoms with Crippen LogP contribution in [0.4, 0.5) is 5.13 Å². The summed E-state index contributed by atoms with van der Waals surface area (Å²) in [6.07, 6.45) is 2.95. The molecule has 0 aliphatic carbocycles. The number of nitrogen functional groups attached to an aromatic ring is 1. The van der Waals surface area contributed by atoms with Crippen LogP contribution in [0.1, 0.15) is 19.5 Å². The number of β-lactam (4-membered cyclic amide) rings is 1. The molecule has 1 aromatic heterocycles. The maximum Gasteiger partial charge on any atom is 0.352 e. The number of oxime groups is 1. The fourth-order valence-electron chi connectivity index (χ4n) is 3.05. The van der Waals surface area contributed by atoms with Gasteiger partial charge in [-0.1, -0.05) is 11.2 Å². The van der Waals surface area contributed by atoms with Crippen LogP contribution >= 0.6 is 23.1 Å². The minimum Gasteiger partial charge on any atom is -0.477 e. The SMILES string of the molecule is CC(=O)OC/C=C\C1=C(C(=O)O)N2C(=O)C(NC(=O)/C(=N/OC(C)=O)c3csc(N)n3)[C@H]2SC1. The van der Waals surface area contributed by atoms with Crippen molar-refractivity contribution in [1.29, 1.82) is 0 Å². The third kappa shape index (κ3) is 5.43. The number of amides is 2. The summed E-state index contributed by atoms with van der Waals surface area (Å²) in [5, 5.41) is 16.6. The number of carboxylic acids is 1. The van der Waals surface area contributed by atoms with Gasteiger partial charge in [-0.25, -0.2) is 14.6 Å². The number of rotatable bonds is 8. The highest BCUT2D eigenvalue weighted by Crippen LogP contribution is 2.40. The summed E-state index contributed by atoms with van der Waals surface area (Å²) in [5.41, 5.74) is 5.41. The molecule has 0 spiro atoms. The van der Waals surface area contributed by atoms with E-state index in [2.05, 4.69) is 20.3 Å². The summed E-state index contributed by atoms with van der Waals surface area (Å²) < 4.78 is 4.78. The molecule has 15 heteroatoms. The second-order valence-corrected chi connectivity index (χ2v) is 8.83. The van der Waals surface area contributed by atoms with Crippen molar-refractivity contribution in [2.45, 2.75) is 25.3 Å². The zero-order chi connectivity index (χ0) is 25.0. The number of allylic oxidation sites excluding steroid dienone is 1. The molecule has 0 aromatic carbocycles. The Hall–Kier alpha value is -3.72. The van der Waals surface area contributed by atoms with Gasteiger partial charge in [0.25, 0.3) is 11.8 Å². The summed E-state index contributed by atoms with van der Waals surface area (Å²) in [7, 11) is 0. The molecule has 2 amide bonds. The number of anilines is 1. The number of carbonyl (C=O) groups is 5. The summed E-state index contributed by atoms with van der Waals surface area (Å²) in [6.45, 7) is 2.30. The average molecular weight is 510 g/mol. The zero-order valence-corrected chi connectivity index (χ0v) is 19.5. The highest BCUT2D eigenvalue weighted by atomic mass is 32.2. The molecule has 13 nitrogen and oxygen atoms in total. The summed E-state index contributed by atoms with van der Waals surface area (Å²) in [6, 6.07) is -1.04. The second-order valence-electron chi connectivity index (χ2n) is 6.84. The highest BCUT2D eigenvalue weighted by Gasteiger charge is 2.54. The number of carbonyl (C=O) groups excluding carboxylic acids is 4. The third-order valence-electron chi connectivity index (χ3n) is 4.43. The van der Waals surface area contributed by atoms with Crippen molar-refractivity contribution in [2.75, 3.05) is 18.1 Å². The Balaban J connectivity index is 1.77. The standard InChI is InChI=1S/C19H19N5O8S2/c1-8(25)31-5-3-4-10-6-33-17-13(16(28)24(17)14(10)18(29)30)22-15(27)12(23-32-9(2)26)11-7-34-19(20)21-11/h3-4,7,13,17H,5-6H2,1-2H3,(H2,20,21)(H,22,27)(H,29,30)/b4-3-,23-12+/t13?,17-/m1/s1. The molecule has 1 unspecified atom stereocenters. The minimum atomic E-state index is -1.31. The number of fused-ring (bicyclic) bond motifs is 1. The lowest BCUT2D eigenvalue weighted by Gasteiger charge is -2.49. The number of aromatic nitrogens is 1. The van der Waals surface area contributed by atoms with Crippen LogP contribution < -0.4 is 11.1 Å². The number of thiazole rings is 1. The Bertz CT molecular complexity index is 1140. The molecule has 2 atom stereocenters. The van der Waals surface area contributed by atoms with Gasteiger partial charge in [-0.15, -0.1) is 23.1 Å². The molecule has 34 heavy (non-hydrogen) atoms. The zero-order valence-electron chi connectivity index (χ0n) is 17.8. The molecule has 0 saturated carbocycles. The van der Waals surface area contributed by atoms with Crippen molar-refractivity contribution < 1.29 is 38.7 Å². The Morgan fingerprint density at radius 3 is 2.68 bits per heavy atom. The van der Waals surface area contributed by atoms with Crippen molar-refractivity contribution in [1.82, 2.24) is 15.2 Å². The fraction of sp³-hybridized carbons (Fsp3) is 0.316. The number of carboxylic acid groups (broad SMARTS) is 1. The number of nitrogens with two attached hydrogens (primary N) is 1. The number of esters is 1. The van der Waals surface area contributed by atoms with E-state index in [1.54, 1.807) is 0 Å². The molecule has 2 aliphatic rings. The van der Waals surface area contributed by atoms with Crippen LogP contribution in [0.15, 0.2) is 34.0 Å². The Morgan fingerprint density at radius 2 is 2.09 bits per heavy atom. The van der Waals surface area contributed by atoms with Gasteiger partial charge in [-0.3, -0.25) is 19.3 Å². The smallest absolute Gasteiger partial charge is 0.352 e. The number of nitrogens with one attached hydrogen (secondary N) is 1. The van der Waals surface area contributed by atoms with Crippen LogP contribution in [-0.4, -0.2) is 74.2 Å². The molecular weight excluding hydrogens is 490 g/mol. The van der Waals surface area contributed by atoms with Crippen molar-refractivity contribution >= 4 is 63.7 Å². The molecule has 1 fully saturated rings. The van der Waals surface area contributed by atoms with Gasteiger partial charge in [-0.05, 0) is 11.6 Å². The normalized spacial score (nSPS) is 20.0. The molecule has 1 aromatic rings. The van der Waals surface area contributed by atoms with Gasteiger partial charge in [0, 0.05) is 25.0 Å². The van der Waals surface area contributed by atoms with Crippen LogP contribution in [0.3, 0.4) is 0 Å². The van der Waals surface area contributed by atoms with E-state index in [1.807, 2.05) is 0 Å². The molecule has 4 N–H and O–H groups in total. The largest absolute Gasteiger partial charge is 0.477 e. The second kappa shape index (κ2) is 10.5. The van der Waals surface area contributed by atoms with Crippen LogP contribution in [0.2, 0.25) is 0 Å². The molecule has 0 radical (unpaired) electrons. The van der Waals surface area contributed by atoms with E-state index in [0.717, 1.165) is 23.2 Å². The van der Waals surface area contributed by atoms with E-state index < -0.39 is 41.1 Å². The van der Waals surface area contributed by atoms with Crippen molar-refractivity contribution in [3.63, 3.8) is 0 Å². The summed E-state index contributed by atoms with van der Waals surface area (Å²) in [5.74, 6) is -3.82. The van der Waals surface area contributed by atoms with Gasteiger partial charge in [0.05, 0.1) is 0 Å². The van der Waals surface area contributed by atoms with E-state index >= 15 is 0 Å². The minimum absolute atomic E-state index is 0.0436. The Morgan fingerprint density at radius 1 is 1.35 bits per heavy atom. The van der Waals surface area contributed by atoms with Crippen molar-refractivity contribution in [3.05, 3.63) is 34.5 Å². The van der Waals surface area contributed by atoms with Gasteiger partial charge >= 0.3 is 17.9 Å². The lowest BCUT2D eigenvalue weighted by molar-refractivity contribution is -0.150. The molecular formula is C19H19N5O8S2. The van der Waals surface area contributed by atoms with Crippen LogP contribution in [0, 0.1) is 0 Å². The number of aliphatic carboxylic acids is 1. The first-order valence-electron chi connectivity index (χ1n) is 9.59. The quantitative estimate of drug-likeness (QED) is 0.139. The van der Waals surface area contributed by atoms with E-state index in [1.165, 1.54) is 36.2 Å². The summed E-state index contributed by atoms with van der Waals surface area (Å²) >= 11 is 2.28. The lowest BCUT2D eigenvalue weighted by Crippen LogP contribution is -2.71. The Labute approximate surface area is 200 Å². The van der Waals surface area contributed by atoms with E-state index in [0.29, 0.717) is 5.57 Å². The fourth-order valence-corrected chi connectivity index (χ4v) is 4.91. The van der Waals surface area contributed by atoms with E-state index in [-0.39, 0.29) is 34.6 Å². The van der Waals surface area contributed by atoms with Crippen LogP contribution in [0.5, 0.6) is 0 Å². The molecule has 1 saturated heterocycles. The Kier molecular flexibility index (Phi) is 7.68. The van der Waals surface area contributed by atoms with Crippen molar-refractivity contribution in [3.8, 4) is 0 Å². The molecule has 180 valence electrons. The number of hydrogen-bond acceptors (Lipinski definition) is 12. The van der Waals surface area contributed by atoms with Crippen molar-refractivity contribution in [2.24, 2.45) is 5.16 Å².